The van der Waals surface area contributed by atoms with Crippen molar-refractivity contribution in [3.05, 3.63) is 95.1 Å². The second kappa shape index (κ2) is 12.9. The van der Waals surface area contributed by atoms with Gasteiger partial charge in [-0.05, 0) is 43.0 Å². The Labute approximate surface area is 223 Å². The van der Waals surface area contributed by atoms with Crippen molar-refractivity contribution in [3.63, 3.8) is 0 Å². The van der Waals surface area contributed by atoms with E-state index in [1.807, 2.05) is 60.7 Å². The maximum absolute atomic E-state index is 13.2. The van der Waals surface area contributed by atoms with Crippen LogP contribution in [0.4, 0.5) is 4.79 Å². The molecular formula is C31H33NO6. The fraction of sp³-hybridized carbons (Fsp3) is 0.323. The molecule has 38 heavy (non-hydrogen) atoms. The van der Waals surface area contributed by atoms with Crippen LogP contribution in [-0.2, 0) is 22.7 Å². The smallest absolute Gasteiger partial charge is 0.410 e. The Morgan fingerprint density at radius 1 is 0.842 bits per heavy atom. The molecule has 0 bridgehead atoms. The normalized spacial score (nSPS) is 13.6. The van der Waals surface area contributed by atoms with Crippen LogP contribution in [0.15, 0.2) is 72.8 Å². The Balaban J connectivity index is 1.38. The molecule has 1 heterocycles. The average molecular weight is 516 g/mol. The molecule has 0 radical (unpaired) electrons. The molecule has 1 saturated heterocycles. The first-order chi connectivity index (χ1) is 18.5. The van der Waals surface area contributed by atoms with Crippen LogP contribution < -0.4 is 9.47 Å². The molecule has 7 nitrogen and oxygen atoms in total. The van der Waals surface area contributed by atoms with E-state index in [0.717, 1.165) is 11.1 Å². The minimum atomic E-state index is -0.407. The van der Waals surface area contributed by atoms with Gasteiger partial charge in [0, 0.05) is 25.1 Å². The molecule has 0 saturated carbocycles. The van der Waals surface area contributed by atoms with E-state index in [9.17, 15) is 14.4 Å². The van der Waals surface area contributed by atoms with E-state index in [4.69, 9.17) is 14.2 Å². The Hall–Kier alpha value is -4.13. The van der Waals surface area contributed by atoms with Gasteiger partial charge in [0.1, 0.15) is 24.7 Å². The quantitative estimate of drug-likeness (QED) is 0.194. The third-order valence-corrected chi connectivity index (χ3v) is 6.71. The van der Waals surface area contributed by atoms with Crippen LogP contribution in [0.5, 0.6) is 11.5 Å². The van der Waals surface area contributed by atoms with Gasteiger partial charge in [-0.15, -0.1) is 0 Å². The summed E-state index contributed by atoms with van der Waals surface area (Å²) in [5, 5.41) is 0. The van der Waals surface area contributed by atoms with Crippen molar-refractivity contribution in [2.24, 2.45) is 5.92 Å². The van der Waals surface area contributed by atoms with Crippen molar-refractivity contribution < 1.29 is 28.6 Å². The summed E-state index contributed by atoms with van der Waals surface area (Å²) in [6, 6.07) is 22.7. The van der Waals surface area contributed by atoms with E-state index < -0.39 is 12.1 Å². The van der Waals surface area contributed by atoms with Crippen molar-refractivity contribution in [1.82, 2.24) is 4.90 Å². The fourth-order valence-electron chi connectivity index (χ4n) is 4.40. The standard InChI is InChI=1S/C31H33NO6/c1-3-27(33)26-14-15-28(36-20-23-10-6-4-7-11-23)22(2)29(26)38-30(34)25-16-18-32(19-17-25)31(35)37-21-24-12-8-5-9-13-24/h4-15,25H,3,16-21H2,1-2H3. The number of nitrogens with zero attached hydrogens (tertiary/aromatic N) is 1. The van der Waals surface area contributed by atoms with Crippen molar-refractivity contribution >= 4 is 17.8 Å². The molecule has 7 heteroatoms. The Morgan fingerprint density at radius 3 is 2.05 bits per heavy atom. The largest absolute Gasteiger partial charge is 0.488 e. The molecule has 0 aromatic heterocycles. The van der Waals surface area contributed by atoms with Gasteiger partial charge in [-0.2, -0.15) is 0 Å². The van der Waals surface area contributed by atoms with E-state index in [-0.39, 0.29) is 30.5 Å². The molecule has 198 valence electrons. The van der Waals surface area contributed by atoms with Crippen LogP contribution in [0.25, 0.3) is 0 Å². The van der Waals surface area contributed by atoms with Gasteiger partial charge in [-0.1, -0.05) is 67.6 Å². The van der Waals surface area contributed by atoms with Crippen molar-refractivity contribution in [2.75, 3.05) is 13.1 Å². The van der Waals surface area contributed by atoms with Crippen LogP contribution in [0, 0.1) is 12.8 Å². The fourth-order valence-corrected chi connectivity index (χ4v) is 4.40. The van der Waals surface area contributed by atoms with Gasteiger partial charge in [0.15, 0.2) is 5.78 Å². The summed E-state index contributed by atoms with van der Waals surface area (Å²) in [7, 11) is 0. The number of hydrogen-bond acceptors (Lipinski definition) is 6. The summed E-state index contributed by atoms with van der Waals surface area (Å²) in [5.74, 6) is -0.0966. The summed E-state index contributed by atoms with van der Waals surface area (Å²) in [6.45, 7) is 4.92. The number of esters is 1. The van der Waals surface area contributed by atoms with Crippen molar-refractivity contribution in [1.29, 1.82) is 0 Å². The highest BCUT2D eigenvalue weighted by Crippen LogP contribution is 2.34. The highest BCUT2D eigenvalue weighted by atomic mass is 16.6. The van der Waals surface area contributed by atoms with Gasteiger partial charge in [-0.25, -0.2) is 4.79 Å². The summed E-state index contributed by atoms with van der Waals surface area (Å²) >= 11 is 0. The summed E-state index contributed by atoms with van der Waals surface area (Å²) < 4.78 is 17.3. The van der Waals surface area contributed by atoms with Gasteiger partial charge in [-0.3, -0.25) is 9.59 Å². The predicted octanol–water partition coefficient (Wildman–Crippen LogP) is 6.12. The van der Waals surface area contributed by atoms with Crippen molar-refractivity contribution in [3.8, 4) is 11.5 Å². The molecule has 1 amide bonds. The number of carbonyl (C=O) groups is 3. The summed E-state index contributed by atoms with van der Waals surface area (Å²) in [4.78, 5) is 39.9. The number of Topliss-reactive ketones (excluding diaryl/α,β-unsaturated/α-hetero) is 1. The number of ether oxygens (including phenoxy) is 3. The van der Waals surface area contributed by atoms with Crippen LogP contribution in [0.1, 0.15) is 53.2 Å². The number of hydrogen-bond donors (Lipinski definition) is 0. The lowest BCUT2D eigenvalue weighted by Gasteiger charge is -2.30. The maximum atomic E-state index is 13.2. The van der Waals surface area contributed by atoms with E-state index in [1.54, 1.807) is 30.9 Å². The van der Waals surface area contributed by atoms with E-state index in [0.29, 0.717) is 49.4 Å². The molecule has 1 aliphatic heterocycles. The van der Waals surface area contributed by atoms with Crippen LogP contribution in [0.2, 0.25) is 0 Å². The topological polar surface area (TPSA) is 82.1 Å². The zero-order valence-electron chi connectivity index (χ0n) is 21.9. The first kappa shape index (κ1) is 26.9. The Morgan fingerprint density at radius 2 is 1.45 bits per heavy atom. The second-order valence-corrected chi connectivity index (χ2v) is 9.34. The lowest BCUT2D eigenvalue weighted by atomic mass is 9.97. The Bertz CT molecular complexity index is 1250. The molecule has 3 aromatic rings. The Kier molecular flexibility index (Phi) is 9.14. The molecular weight excluding hydrogens is 482 g/mol. The van der Waals surface area contributed by atoms with E-state index in [1.165, 1.54) is 0 Å². The zero-order valence-corrected chi connectivity index (χ0v) is 21.9. The van der Waals surface area contributed by atoms with Crippen LogP contribution in [0.3, 0.4) is 0 Å². The molecule has 0 aliphatic carbocycles. The lowest BCUT2D eigenvalue weighted by molar-refractivity contribution is -0.140. The van der Waals surface area contributed by atoms with Crippen LogP contribution in [-0.4, -0.2) is 35.8 Å². The lowest BCUT2D eigenvalue weighted by Crippen LogP contribution is -2.41. The summed E-state index contributed by atoms with van der Waals surface area (Å²) in [6.07, 6.45) is 0.812. The van der Waals surface area contributed by atoms with E-state index >= 15 is 0 Å². The number of ketones is 1. The van der Waals surface area contributed by atoms with E-state index in [2.05, 4.69) is 0 Å². The monoisotopic (exact) mass is 515 g/mol. The molecule has 0 spiro atoms. The van der Waals surface area contributed by atoms with Gasteiger partial charge in [0.25, 0.3) is 0 Å². The molecule has 3 aromatic carbocycles. The molecule has 0 unspecified atom stereocenters. The highest BCUT2D eigenvalue weighted by molar-refractivity contribution is 6.00. The molecule has 0 N–H and O–H groups in total. The third-order valence-electron chi connectivity index (χ3n) is 6.71. The minimum absolute atomic E-state index is 0.110. The number of carbonyl (C=O) groups excluding carboxylic acids is 3. The SMILES string of the molecule is CCC(=O)c1ccc(OCc2ccccc2)c(C)c1OC(=O)C1CCN(C(=O)OCc2ccccc2)CC1. The number of likely N-dealkylation sites (tertiary alicyclic amines) is 1. The third kappa shape index (κ3) is 6.79. The van der Waals surface area contributed by atoms with Crippen LogP contribution >= 0.6 is 0 Å². The number of benzene rings is 3. The molecule has 1 aliphatic rings. The predicted molar refractivity (Wildman–Crippen MR) is 143 cm³/mol. The summed E-state index contributed by atoms with van der Waals surface area (Å²) in [5.41, 5.74) is 2.90. The van der Waals surface area contributed by atoms with Gasteiger partial charge in [0.05, 0.1) is 11.5 Å². The maximum Gasteiger partial charge on any atom is 0.410 e. The number of rotatable bonds is 9. The number of piperidine rings is 1. The van der Waals surface area contributed by atoms with Gasteiger partial charge < -0.3 is 19.1 Å². The average Bonchev–Trinajstić information content (AvgIpc) is 2.97. The highest BCUT2D eigenvalue weighted by Gasteiger charge is 2.31. The zero-order chi connectivity index (χ0) is 26.9. The minimum Gasteiger partial charge on any atom is -0.488 e. The van der Waals surface area contributed by atoms with Gasteiger partial charge >= 0.3 is 12.1 Å². The molecule has 4 rings (SSSR count). The van der Waals surface area contributed by atoms with Gasteiger partial charge in [0.2, 0.25) is 0 Å². The molecule has 1 fully saturated rings. The van der Waals surface area contributed by atoms with Crippen molar-refractivity contribution in [2.45, 2.75) is 46.3 Å². The second-order valence-electron chi connectivity index (χ2n) is 9.34. The first-order valence-electron chi connectivity index (χ1n) is 13.0. The number of amides is 1. The first-order valence-corrected chi connectivity index (χ1v) is 13.0. The molecule has 0 atom stereocenters.